The van der Waals surface area contributed by atoms with Gasteiger partial charge in [-0.3, -0.25) is 0 Å². The van der Waals surface area contributed by atoms with Crippen molar-refractivity contribution < 1.29 is 0 Å². The summed E-state index contributed by atoms with van der Waals surface area (Å²) in [5.74, 6) is 1.32. The number of nitrogens with zero attached hydrogens (tertiary/aromatic N) is 4. The van der Waals surface area contributed by atoms with E-state index in [4.69, 9.17) is 44.9 Å². The lowest BCUT2D eigenvalue weighted by molar-refractivity contribution is 0.462. The van der Waals surface area contributed by atoms with Crippen LogP contribution in [0.4, 0.5) is 5.82 Å². The van der Waals surface area contributed by atoms with Crippen LogP contribution in [0.15, 0.2) is 106 Å². The van der Waals surface area contributed by atoms with E-state index in [1.54, 1.807) is 6.08 Å². The highest BCUT2D eigenvalue weighted by Gasteiger charge is 2.39. The van der Waals surface area contributed by atoms with E-state index in [1.165, 1.54) is 5.56 Å². The van der Waals surface area contributed by atoms with Gasteiger partial charge in [0, 0.05) is 16.8 Å². The van der Waals surface area contributed by atoms with Crippen molar-refractivity contribution in [3.63, 3.8) is 0 Å². The standard InChI is InChI=1S/C30H23Cl3N4/c1-2-8-19-13-15-20(16-14-19)27-26-28(23-11-6-7-12-24(23)32)36-18-21(31)17-25(33)29(36)34-30(26)37(35-27)22-9-4-3-5-10-22/h3-7,9-18,28H,2,8H2,1H3/t28-/m0/s1. The van der Waals surface area contributed by atoms with E-state index >= 15 is 0 Å². The molecule has 6 rings (SSSR count). The van der Waals surface area contributed by atoms with Crippen LogP contribution in [-0.4, -0.2) is 20.5 Å². The first-order chi connectivity index (χ1) is 18.0. The number of fused-ring (bicyclic) bond motifs is 2. The monoisotopic (exact) mass is 544 g/mol. The van der Waals surface area contributed by atoms with Gasteiger partial charge in [-0.25, -0.2) is 9.67 Å². The van der Waals surface area contributed by atoms with Crippen molar-refractivity contribution >= 4 is 46.5 Å². The number of para-hydroxylation sites is 1. The van der Waals surface area contributed by atoms with Crippen molar-refractivity contribution in [2.75, 3.05) is 0 Å². The van der Waals surface area contributed by atoms with E-state index in [-0.39, 0.29) is 6.04 Å². The SMILES string of the molecule is CCCc1ccc(-c2nn(-c3ccccc3)c3c2[C@H](c2ccccc2Cl)N2C=C(Cl)C=C(Cl)C2=N3)cc1. The Balaban J connectivity index is 1.66. The Kier molecular flexibility index (Phi) is 6.41. The van der Waals surface area contributed by atoms with E-state index in [1.807, 2.05) is 70.4 Å². The molecule has 184 valence electrons. The zero-order chi connectivity index (χ0) is 25.5. The summed E-state index contributed by atoms with van der Waals surface area (Å²) in [4.78, 5) is 7.05. The normalized spacial score (nSPS) is 16.5. The molecule has 0 radical (unpaired) electrons. The Morgan fingerprint density at radius 1 is 0.865 bits per heavy atom. The zero-order valence-corrected chi connectivity index (χ0v) is 22.3. The molecule has 4 nitrogen and oxygen atoms in total. The minimum atomic E-state index is -0.338. The van der Waals surface area contributed by atoms with Crippen LogP contribution in [0.25, 0.3) is 16.9 Å². The Labute approximate surface area is 231 Å². The van der Waals surface area contributed by atoms with Gasteiger partial charge < -0.3 is 4.90 Å². The van der Waals surface area contributed by atoms with E-state index in [0.29, 0.717) is 26.7 Å². The fourth-order valence-electron chi connectivity index (χ4n) is 4.95. The lowest BCUT2D eigenvalue weighted by Gasteiger charge is -2.37. The van der Waals surface area contributed by atoms with E-state index in [0.717, 1.165) is 40.9 Å². The quantitative estimate of drug-likeness (QED) is 0.251. The molecule has 7 heteroatoms. The molecule has 1 aromatic heterocycles. The van der Waals surface area contributed by atoms with Crippen molar-refractivity contribution in [1.82, 2.24) is 14.7 Å². The molecular formula is C30H23Cl3N4. The number of hydrogen-bond donors (Lipinski definition) is 0. The van der Waals surface area contributed by atoms with Gasteiger partial charge in [0.05, 0.1) is 27.4 Å². The number of halogens is 3. The first-order valence-electron chi connectivity index (χ1n) is 12.2. The van der Waals surface area contributed by atoms with Crippen LogP contribution in [-0.2, 0) is 6.42 Å². The van der Waals surface area contributed by atoms with Crippen LogP contribution >= 0.6 is 34.8 Å². The molecule has 0 aliphatic carbocycles. The summed E-state index contributed by atoms with van der Waals surface area (Å²) in [5.41, 5.74) is 5.92. The molecule has 0 saturated heterocycles. The maximum atomic E-state index is 6.81. The number of aryl methyl sites for hydroxylation is 1. The van der Waals surface area contributed by atoms with Crippen LogP contribution in [0.3, 0.4) is 0 Å². The summed E-state index contributed by atoms with van der Waals surface area (Å²) in [5, 5.41) is 6.76. The fraction of sp³-hybridized carbons (Fsp3) is 0.133. The van der Waals surface area contributed by atoms with Gasteiger partial charge in [-0.1, -0.05) is 109 Å². The third-order valence-corrected chi connectivity index (χ3v) is 7.44. The minimum Gasteiger partial charge on any atom is -0.318 e. The third kappa shape index (κ3) is 4.29. The molecule has 0 saturated carbocycles. The minimum absolute atomic E-state index is 0.338. The largest absolute Gasteiger partial charge is 0.318 e. The molecule has 37 heavy (non-hydrogen) atoms. The first-order valence-corrected chi connectivity index (χ1v) is 13.3. The fourth-order valence-corrected chi connectivity index (χ4v) is 5.72. The van der Waals surface area contributed by atoms with Gasteiger partial charge >= 0.3 is 0 Å². The molecule has 0 unspecified atom stereocenters. The summed E-state index contributed by atoms with van der Waals surface area (Å²) in [7, 11) is 0. The molecule has 0 bridgehead atoms. The van der Waals surface area contributed by atoms with E-state index in [2.05, 4.69) is 31.2 Å². The first kappa shape index (κ1) is 24.1. The van der Waals surface area contributed by atoms with Gasteiger partial charge in [0.25, 0.3) is 0 Å². The maximum Gasteiger partial charge on any atom is 0.164 e. The highest BCUT2D eigenvalue weighted by atomic mass is 35.5. The van der Waals surface area contributed by atoms with Crippen LogP contribution in [0.5, 0.6) is 0 Å². The Morgan fingerprint density at radius 3 is 2.32 bits per heavy atom. The van der Waals surface area contributed by atoms with E-state index in [9.17, 15) is 0 Å². The number of aromatic nitrogens is 2. The van der Waals surface area contributed by atoms with Gasteiger partial charge in [-0.05, 0) is 41.8 Å². The van der Waals surface area contributed by atoms with Crippen LogP contribution in [0.1, 0.15) is 36.1 Å². The van der Waals surface area contributed by atoms with Gasteiger partial charge in [0.15, 0.2) is 11.7 Å². The Morgan fingerprint density at radius 2 is 1.59 bits per heavy atom. The summed E-state index contributed by atoms with van der Waals surface area (Å²) < 4.78 is 1.89. The average molecular weight is 546 g/mol. The van der Waals surface area contributed by atoms with Crippen molar-refractivity contribution in [3.8, 4) is 16.9 Å². The molecule has 0 N–H and O–H groups in total. The molecule has 2 aliphatic heterocycles. The number of rotatable bonds is 5. The van der Waals surface area contributed by atoms with Crippen LogP contribution in [0, 0.1) is 0 Å². The summed E-state index contributed by atoms with van der Waals surface area (Å²) in [6.07, 6.45) is 5.70. The third-order valence-electron chi connectivity index (χ3n) is 6.61. The highest BCUT2D eigenvalue weighted by Crippen LogP contribution is 2.49. The Hall–Kier alpha value is -3.31. The molecule has 2 aliphatic rings. The second-order valence-corrected chi connectivity index (χ2v) is 10.3. The molecule has 4 aromatic rings. The van der Waals surface area contributed by atoms with Gasteiger partial charge in [0.2, 0.25) is 0 Å². The number of benzene rings is 3. The molecule has 0 amide bonds. The lowest BCUT2D eigenvalue weighted by Crippen LogP contribution is -2.36. The van der Waals surface area contributed by atoms with E-state index < -0.39 is 0 Å². The summed E-state index contributed by atoms with van der Waals surface area (Å²) >= 11 is 20.0. The molecule has 0 fully saturated rings. The molecular weight excluding hydrogens is 523 g/mol. The van der Waals surface area contributed by atoms with Crippen LogP contribution in [0.2, 0.25) is 5.02 Å². The van der Waals surface area contributed by atoms with Crippen molar-refractivity contribution in [2.45, 2.75) is 25.8 Å². The summed E-state index contributed by atoms with van der Waals surface area (Å²) in [6, 6.07) is 26.1. The Bertz CT molecular complexity index is 1570. The maximum absolute atomic E-state index is 6.81. The second kappa shape index (κ2) is 9.86. The van der Waals surface area contributed by atoms with Crippen molar-refractivity contribution in [3.05, 3.63) is 123 Å². The highest BCUT2D eigenvalue weighted by molar-refractivity contribution is 6.45. The zero-order valence-electron chi connectivity index (χ0n) is 20.1. The number of aliphatic imine (C=N–C) groups is 1. The number of hydrogen-bond acceptors (Lipinski definition) is 3. The summed E-state index contributed by atoms with van der Waals surface area (Å²) in [6.45, 7) is 2.19. The molecule has 0 spiro atoms. The topological polar surface area (TPSA) is 33.4 Å². The number of allylic oxidation sites excluding steroid dienone is 2. The second-order valence-electron chi connectivity index (χ2n) is 9.05. The van der Waals surface area contributed by atoms with Crippen molar-refractivity contribution in [1.29, 1.82) is 0 Å². The van der Waals surface area contributed by atoms with Gasteiger partial charge in [0.1, 0.15) is 5.69 Å². The molecule has 3 aromatic carbocycles. The van der Waals surface area contributed by atoms with Crippen molar-refractivity contribution in [2.24, 2.45) is 4.99 Å². The predicted octanol–water partition coefficient (Wildman–Crippen LogP) is 8.80. The average Bonchev–Trinajstić information content (AvgIpc) is 3.29. The van der Waals surface area contributed by atoms with Crippen LogP contribution < -0.4 is 0 Å². The number of amidine groups is 1. The van der Waals surface area contributed by atoms with Gasteiger partial charge in [-0.15, -0.1) is 0 Å². The lowest BCUT2D eigenvalue weighted by atomic mass is 9.92. The smallest absolute Gasteiger partial charge is 0.164 e. The predicted molar refractivity (Wildman–Crippen MR) is 153 cm³/mol. The van der Waals surface area contributed by atoms with Gasteiger partial charge in [-0.2, -0.15) is 5.10 Å². The molecule has 3 heterocycles. The molecule has 1 atom stereocenters.